The number of unbranched alkanes of at least 4 members (excludes halogenated alkanes) is 2. The van der Waals surface area contributed by atoms with E-state index in [1.807, 2.05) is 6.92 Å². The summed E-state index contributed by atoms with van der Waals surface area (Å²) in [4.78, 5) is 9.93. The predicted molar refractivity (Wildman–Crippen MR) is 35.2 cm³/mol. The van der Waals surface area contributed by atoms with Crippen LogP contribution in [0.2, 0.25) is 0 Å². The Morgan fingerprint density at radius 1 is 1.55 bits per heavy atom. The summed E-state index contributed by atoms with van der Waals surface area (Å²) in [5, 5.41) is 18.6. The summed E-state index contributed by atoms with van der Waals surface area (Å²) in [5.74, 6) is -1.36. The van der Waals surface area contributed by atoms with Gasteiger partial charge in [-0.15, -0.1) is 0 Å². The molecule has 60 valence electrons. The summed E-state index contributed by atoms with van der Waals surface area (Å²) in [6.45, 7) is 2.02. The zero-order valence-electron chi connectivity index (χ0n) is 7.17. The van der Waals surface area contributed by atoms with Gasteiger partial charge in [-0.1, -0.05) is 26.2 Å². The van der Waals surface area contributed by atoms with Gasteiger partial charge in [0.2, 0.25) is 0 Å². The maximum absolute atomic E-state index is 9.93. The van der Waals surface area contributed by atoms with E-state index in [-0.39, 0.29) is 29.6 Å². The molecule has 0 amide bonds. The van der Waals surface area contributed by atoms with Crippen molar-refractivity contribution in [1.82, 2.24) is 0 Å². The molecule has 1 atom stereocenters. The molecule has 0 aromatic rings. The maximum Gasteiger partial charge on any atom is 1.00 e. The summed E-state index contributed by atoms with van der Waals surface area (Å²) in [7, 11) is 0. The molecule has 0 saturated heterocycles. The molecule has 0 fully saturated rings. The number of hydrogen-bond donors (Lipinski definition) is 1. The second-order valence-electron chi connectivity index (χ2n) is 2.33. The molecular weight excluding hydrogens is 155 g/mol. The van der Waals surface area contributed by atoms with Crippen LogP contribution in [0.1, 0.15) is 32.6 Å². The Kier molecular flexibility index (Phi) is 10.8. The third kappa shape index (κ3) is 8.34. The predicted octanol–water partition coefficient (Wildman–Crippen LogP) is -3.32. The molecule has 0 rings (SSSR count). The first-order chi connectivity index (χ1) is 4.68. The van der Waals surface area contributed by atoms with Crippen LogP contribution in [0.15, 0.2) is 0 Å². The molecule has 4 heteroatoms. The third-order valence-corrected chi connectivity index (χ3v) is 1.35. The van der Waals surface area contributed by atoms with Crippen molar-refractivity contribution in [3.8, 4) is 0 Å². The number of aliphatic carboxylic acids is 1. The fourth-order valence-corrected chi connectivity index (χ4v) is 0.706. The zero-order valence-corrected chi connectivity index (χ0v) is 9.17. The second-order valence-corrected chi connectivity index (χ2v) is 2.33. The Labute approximate surface area is 89.1 Å². The van der Waals surface area contributed by atoms with Gasteiger partial charge in [-0.25, -0.2) is 0 Å². The summed E-state index contributed by atoms with van der Waals surface area (Å²) >= 11 is 0. The van der Waals surface area contributed by atoms with Crippen molar-refractivity contribution in [2.75, 3.05) is 0 Å². The molecule has 0 saturated carbocycles. The molecule has 0 aliphatic carbocycles. The summed E-state index contributed by atoms with van der Waals surface area (Å²) in [6, 6.07) is 0. The molecule has 0 aliphatic heterocycles. The molecule has 0 radical (unpaired) electrons. The number of carbonyl (C=O) groups excluding carboxylic acids is 1. The van der Waals surface area contributed by atoms with Crippen LogP contribution in [0.4, 0.5) is 0 Å². The Morgan fingerprint density at radius 2 is 2.09 bits per heavy atom. The molecular formula is C7H13NaO3. The van der Waals surface area contributed by atoms with Crippen LogP contribution in [0.3, 0.4) is 0 Å². The fraction of sp³-hybridized carbons (Fsp3) is 0.857. The van der Waals surface area contributed by atoms with E-state index in [0.29, 0.717) is 6.42 Å². The Balaban J connectivity index is 0. The first kappa shape index (κ1) is 14.0. The monoisotopic (exact) mass is 168 g/mol. The average Bonchev–Trinajstić information content (AvgIpc) is 1.88. The molecule has 11 heavy (non-hydrogen) atoms. The quantitative estimate of drug-likeness (QED) is 0.345. The number of aliphatic hydroxyl groups is 1. The van der Waals surface area contributed by atoms with Gasteiger partial charge in [0.05, 0.1) is 12.1 Å². The Bertz CT molecular complexity index is 106. The van der Waals surface area contributed by atoms with E-state index in [2.05, 4.69) is 0 Å². The van der Waals surface area contributed by atoms with Crippen molar-refractivity contribution in [2.24, 2.45) is 0 Å². The van der Waals surface area contributed by atoms with Crippen molar-refractivity contribution in [3.63, 3.8) is 0 Å². The molecule has 0 unspecified atom stereocenters. The van der Waals surface area contributed by atoms with Gasteiger partial charge < -0.3 is 15.0 Å². The van der Waals surface area contributed by atoms with Crippen LogP contribution < -0.4 is 34.7 Å². The standard InChI is InChI=1S/C7H14O3.Na/c1-2-3-4-5-6(8)7(9)10;/h6,8H,2-5H2,1H3,(H,9,10);/q;+1/p-1/t6-;/m0./s1. The number of hydrogen-bond acceptors (Lipinski definition) is 3. The van der Waals surface area contributed by atoms with Crippen LogP contribution in [0.5, 0.6) is 0 Å². The summed E-state index contributed by atoms with van der Waals surface area (Å²) < 4.78 is 0. The maximum atomic E-state index is 9.93. The minimum absolute atomic E-state index is 0. The molecule has 0 aromatic heterocycles. The number of carboxylic acids is 1. The van der Waals surface area contributed by atoms with Crippen LogP contribution in [0.25, 0.3) is 0 Å². The SMILES string of the molecule is CCCCC[C@H](O)C(=O)[O-].[Na+]. The minimum Gasteiger partial charge on any atom is -0.547 e. The van der Waals surface area contributed by atoms with Gasteiger partial charge in [-0.3, -0.25) is 0 Å². The van der Waals surface area contributed by atoms with Crippen molar-refractivity contribution in [1.29, 1.82) is 0 Å². The van der Waals surface area contributed by atoms with Crippen LogP contribution >= 0.6 is 0 Å². The zero-order chi connectivity index (χ0) is 7.98. The average molecular weight is 168 g/mol. The van der Waals surface area contributed by atoms with Crippen molar-refractivity contribution < 1.29 is 44.6 Å². The first-order valence-corrected chi connectivity index (χ1v) is 3.57. The topological polar surface area (TPSA) is 60.4 Å². The molecule has 1 N–H and O–H groups in total. The van der Waals surface area contributed by atoms with Crippen molar-refractivity contribution >= 4 is 5.97 Å². The molecule has 3 nitrogen and oxygen atoms in total. The summed E-state index contributed by atoms with van der Waals surface area (Å²) in [6.07, 6.45) is 1.79. The van der Waals surface area contributed by atoms with E-state index in [0.717, 1.165) is 19.3 Å². The molecule has 0 bridgehead atoms. The van der Waals surface area contributed by atoms with Crippen molar-refractivity contribution in [3.05, 3.63) is 0 Å². The molecule has 0 heterocycles. The van der Waals surface area contributed by atoms with E-state index in [4.69, 9.17) is 5.11 Å². The fourth-order valence-electron chi connectivity index (χ4n) is 0.706. The molecule has 0 aliphatic rings. The number of carboxylic acid groups (broad SMARTS) is 1. The van der Waals surface area contributed by atoms with Gasteiger partial charge in [0.1, 0.15) is 0 Å². The molecule has 0 spiro atoms. The van der Waals surface area contributed by atoms with E-state index in [9.17, 15) is 9.90 Å². The van der Waals surface area contributed by atoms with Crippen molar-refractivity contribution in [2.45, 2.75) is 38.7 Å². The van der Waals surface area contributed by atoms with Crippen LogP contribution in [0, 0.1) is 0 Å². The van der Waals surface area contributed by atoms with E-state index < -0.39 is 12.1 Å². The van der Waals surface area contributed by atoms with Gasteiger partial charge in [0.25, 0.3) is 0 Å². The first-order valence-electron chi connectivity index (χ1n) is 3.57. The number of carbonyl (C=O) groups is 1. The van der Waals surface area contributed by atoms with Crippen LogP contribution in [-0.4, -0.2) is 17.2 Å². The number of rotatable bonds is 5. The second kappa shape index (κ2) is 8.53. The van der Waals surface area contributed by atoms with Gasteiger partial charge in [0.15, 0.2) is 0 Å². The Hall–Kier alpha value is 0.430. The Morgan fingerprint density at radius 3 is 2.45 bits per heavy atom. The van der Waals surface area contributed by atoms with Gasteiger partial charge in [-0.05, 0) is 6.42 Å². The van der Waals surface area contributed by atoms with Gasteiger partial charge >= 0.3 is 29.6 Å². The number of aliphatic hydroxyl groups excluding tert-OH is 1. The molecule has 0 aromatic carbocycles. The van der Waals surface area contributed by atoms with E-state index >= 15 is 0 Å². The van der Waals surface area contributed by atoms with Crippen LogP contribution in [-0.2, 0) is 4.79 Å². The van der Waals surface area contributed by atoms with E-state index in [1.54, 1.807) is 0 Å². The van der Waals surface area contributed by atoms with Gasteiger partial charge in [0, 0.05) is 0 Å². The summed E-state index contributed by atoms with van der Waals surface area (Å²) in [5.41, 5.74) is 0. The van der Waals surface area contributed by atoms with E-state index in [1.165, 1.54) is 0 Å². The largest absolute Gasteiger partial charge is 1.00 e. The smallest absolute Gasteiger partial charge is 0.547 e. The minimum atomic E-state index is -1.36. The van der Waals surface area contributed by atoms with Gasteiger partial charge in [-0.2, -0.15) is 0 Å². The third-order valence-electron chi connectivity index (χ3n) is 1.35. The normalized spacial score (nSPS) is 11.8.